The van der Waals surface area contributed by atoms with Crippen LogP contribution >= 0.6 is 24.0 Å². The second-order valence-electron chi connectivity index (χ2n) is 9.84. The summed E-state index contributed by atoms with van der Waals surface area (Å²) in [6, 6.07) is 14.4. The molecule has 5 rings (SSSR count). The predicted octanol–water partition coefficient (Wildman–Crippen LogP) is 4.70. The highest BCUT2D eigenvalue weighted by Gasteiger charge is 2.33. The lowest BCUT2D eigenvalue weighted by Gasteiger charge is -2.33. The van der Waals surface area contributed by atoms with Crippen LogP contribution < -0.4 is 10.5 Å². The highest BCUT2D eigenvalue weighted by atomic mass is 32.2. The number of pyridine rings is 1. The van der Waals surface area contributed by atoms with Crippen molar-refractivity contribution in [2.45, 2.75) is 32.6 Å². The van der Waals surface area contributed by atoms with E-state index in [9.17, 15) is 9.59 Å². The molecular formula is C29H32N4O3S2. The van der Waals surface area contributed by atoms with Crippen LogP contribution in [-0.4, -0.2) is 57.9 Å². The van der Waals surface area contributed by atoms with Crippen LogP contribution in [0.15, 0.2) is 58.4 Å². The second kappa shape index (κ2) is 11.8. The van der Waals surface area contributed by atoms with E-state index in [0.717, 1.165) is 37.9 Å². The Balaban J connectivity index is 1.46. The van der Waals surface area contributed by atoms with Gasteiger partial charge in [-0.25, -0.2) is 4.98 Å². The Labute approximate surface area is 232 Å². The third kappa shape index (κ3) is 5.55. The van der Waals surface area contributed by atoms with Crippen LogP contribution in [0.5, 0.6) is 0 Å². The van der Waals surface area contributed by atoms with Gasteiger partial charge >= 0.3 is 0 Å². The lowest BCUT2D eigenvalue weighted by molar-refractivity contribution is -0.122. The Kier molecular flexibility index (Phi) is 8.26. The van der Waals surface area contributed by atoms with E-state index >= 15 is 0 Å². The van der Waals surface area contributed by atoms with Crippen molar-refractivity contribution < 1.29 is 9.53 Å². The number of ether oxygens (including phenoxy) is 1. The number of thiocarbonyl (C=S) groups is 1. The van der Waals surface area contributed by atoms with Crippen molar-refractivity contribution in [3.63, 3.8) is 0 Å². The molecule has 2 aromatic heterocycles. The normalized spacial score (nSPS) is 17.8. The average Bonchev–Trinajstić information content (AvgIpc) is 3.19. The van der Waals surface area contributed by atoms with Gasteiger partial charge < -0.3 is 9.64 Å². The first kappa shape index (κ1) is 26.6. The number of carbonyl (C=O) groups excluding carboxylic acids is 1. The van der Waals surface area contributed by atoms with Gasteiger partial charge in [0.2, 0.25) is 0 Å². The molecule has 2 saturated heterocycles. The highest BCUT2D eigenvalue weighted by molar-refractivity contribution is 8.26. The summed E-state index contributed by atoms with van der Waals surface area (Å²) in [7, 11) is 1.64. The Hall–Kier alpha value is -3.01. The molecule has 198 valence electrons. The van der Waals surface area contributed by atoms with Crippen LogP contribution in [0.2, 0.25) is 0 Å². The maximum absolute atomic E-state index is 13.8. The Morgan fingerprint density at radius 3 is 2.63 bits per heavy atom. The van der Waals surface area contributed by atoms with Crippen molar-refractivity contribution in [3.8, 4) is 0 Å². The number of amides is 1. The number of piperidine rings is 1. The Morgan fingerprint density at radius 2 is 1.89 bits per heavy atom. The average molecular weight is 549 g/mol. The molecule has 4 heterocycles. The van der Waals surface area contributed by atoms with Crippen molar-refractivity contribution in [2.75, 3.05) is 38.3 Å². The summed E-state index contributed by atoms with van der Waals surface area (Å²) in [5, 5.41) is 0. The number of thioether (sulfide) groups is 1. The fourth-order valence-corrected chi connectivity index (χ4v) is 6.45. The third-order valence-corrected chi connectivity index (χ3v) is 8.60. The van der Waals surface area contributed by atoms with Gasteiger partial charge in [-0.2, -0.15) is 0 Å². The van der Waals surface area contributed by atoms with Crippen LogP contribution in [0.1, 0.15) is 36.0 Å². The fraction of sp³-hybridized carbons (Fsp3) is 0.379. The van der Waals surface area contributed by atoms with E-state index in [4.69, 9.17) is 21.9 Å². The van der Waals surface area contributed by atoms with E-state index in [0.29, 0.717) is 51.7 Å². The molecule has 0 saturated carbocycles. The third-order valence-electron chi connectivity index (χ3n) is 7.22. The van der Waals surface area contributed by atoms with Gasteiger partial charge in [0.05, 0.1) is 10.5 Å². The molecule has 7 nitrogen and oxygen atoms in total. The number of aromatic nitrogens is 2. The molecule has 2 aliphatic rings. The number of anilines is 1. The number of carbonyl (C=O) groups is 1. The van der Waals surface area contributed by atoms with Gasteiger partial charge in [-0.15, -0.1) is 0 Å². The van der Waals surface area contributed by atoms with Gasteiger partial charge in [-0.1, -0.05) is 60.4 Å². The number of hydrogen-bond acceptors (Lipinski definition) is 7. The van der Waals surface area contributed by atoms with Gasteiger partial charge in [0, 0.05) is 39.5 Å². The zero-order valence-electron chi connectivity index (χ0n) is 21.8. The minimum atomic E-state index is -0.176. The van der Waals surface area contributed by atoms with Crippen molar-refractivity contribution in [1.82, 2.24) is 14.3 Å². The molecule has 9 heteroatoms. The first-order chi connectivity index (χ1) is 18.5. The maximum atomic E-state index is 13.8. The standard InChI is InChI=1S/C29H32N4O3S2/c1-20-8-6-13-32-25(20)30-26(31-15-11-22(12-16-31)18-21-9-4-3-5-10-21)23(27(32)34)19-24-28(35)33(29(37)38-24)14-7-17-36-2/h3-6,8-10,13,19,22H,7,11-12,14-18H2,1-2H3/b24-19-. The Bertz CT molecular complexity index is 1430. The number of aryl methyl sites for hydroxylation is 1. The maximum Gasteiger partial charge on any atom is 0.267 e. The van der Waals surface area contributed by atoms with Crippen LogP contribution in [0.3, 0.4) is 0 Å². The minimum absolute atomic E-state index is 0.169. The monoisotopic (exact) mass is 548 g/mol. The summed E-state index contributed by atoms with van der Waals surface area (Å²) >= 11 is 6.73. The number of nitrogens with zero attached hydrogens (tertiary/aromatic N) is 4. The lowest BCUT2D eigenvalue weighted by Crippen LogP contribution is -2.37. The molecule has 38 heavy (non-hydrogen) atoms. The summed E-state index contributed by atoms with van der Waals surface area (Å²) < 4.78 is 7.20. The van der Waals surface area contributed by atoms with E-state index in [1.807, 2.05) is 25.1 Å². The zero-order valence-corrected chi connectivity index (χ0v) is 23.4. The molecule has 1 aromatic carbocycles. The molecule has 2 aliphatic heterocycles. The molecule has 2 fully saturated rings. The summed E-state index contributed by atoms with van der Waals surface area (Å²) in [4.78, 5) is 36.3. The molecule has 0 radical (unpaired) electrons. The van der Waals surface area contributed by atoms with Crippen molar-refractivity contribution in [3.05, 3.63) is 80.6 Å². The highest BCUT2D eigenvalue weighted by Crippen LogP contribution is 2.34. The van der Waals surface area contributed by atoms with Crippen LogP contribution in [-0.2, 0) is 16.0 Å². The van der Waals surface area contributed by atoms with Crippen LogP contribution in [0, 0.1) is 12.8 Å². The number of benzene rings is 1. The zero-order chi connectivity index (χ0) is 26.6. The summed E-state index contributed by atoms with van der Waals surface area (Å²) in [6.45, 7) is 4.62. The first-order valence-electron chi connectivity index (χ1n) is 13.0. The molecular weight excluding hydrogens is 516 g/mol. The summed E-state index contributed by atoms with van der Waals surface area (Å²) in [5.41, 5.74) is 3.19. The SMILES string of the molecule is COCCCN1C(=O)/C(=C/c2c(N3CCC(Cc4ccccc4)CC3)nc3c(C)cccn3c2=O)SC1=S. The quantitative estimate of drug-likeness (QED) is 0.230. The molecule has 0 bridgehead atoms. The van der Waals surface area contributed by atoms with Gasteiger partial charge in [0.25, 0.3) is 11.5 Å². The molecule has 3 aromatic rings. The van der Waals surface area contributed by atoms with Crippen LogP contribution in [0.4, 0.5) is 5.82 Å². The van der Waals surface area contributed by atoms with E-state index < -0.39 is 0 Å². The van der Waals surface area contributed by atoms with E-state index in [2.05, 4.69) is 29.2 Å². The van der Waals surface area contributed by atoms with Gasteiger partial charge in [0.1, 0.15) is 15.8 Å². The fourth-order valence-electron chi connectivity index (χ4n) is 5.15. The first-order valence-corrected chi connectivity index (χ1v) is 14.2. The molecule has 0 N–H and O–H groups in total. The number of rotatable bonds is 8. The van der Waals surface area contributed by atoms with Crippen LogP contribution in [0.25, 0.3) is 11.7 Å². The topological polar surface area (TPSA) is 67.2 Å². The Morgan fingerprint density at radius 1 is 1.13 bits per heavy atom. The van der Waals surface area contributed by atoms with E-state index in [1.165, 1.54) is 17.3 Å². The number of fused-ring (bicyclic) bond motifs is 1. The van der Waals surface area contributed by atoms with Crippen molar-refractivity contribution in [2.24, 2.45) is 5.92 Å². The number of methoxy groups -OCH3 is 1. The molecule has 0 aliphatic carbocycles. The molecule has 0 spiro atoms. The molecule has 1 amide bonds. The smallest absolute Gasteiger partial charge is 0.267 e. The largest absolute Gasteiger partial charge is 0.385 e. The molecule has 0 unspecified atom stereocenters. The van der Waals surface area contributed by atoms with Gasteiger partial charge in [-0.05, 0) is 61.8 Å². The lowest BCUT2D eigenvalue weighted by atomic mass is 9.90. The van der Waals surface area contributed by atoms with E-state index in [1.54, 1.807) is 28.7 Å². The van der Waals surface area contributed by atoms with Crippen molar-refractivity contribution in [1.29, 1.82) is 0 Å². The predicted molar refractivity (Wildman–Crippen MR) is 158 cm³/mol. The van der Waals surface area contributed by atoms with E-state index in [-0.39, 0.29) is 11.5 Å². The second-order valence-corrected chi connectivity index (χ2v) is 11.5. The van der Waals surface area contributed by atoms with Gasteiger partial charge in [-0.3, -0.25) is 18.9 Å². The summed E-state index contributed by atoms with van der Waals surface area (Å²) in [5.74, 6) is 1.06. The molecule has 0 atom stereocenters. The minimum Gasteiger partial charge on any atom is -0.385 e. The van der Waals surface area contributed by atoms with Gasteiger partial charge in [0.15, 0.2) is 0 Å². The number of hydrogen-bond donors (Lipinski definition) is 0. The summed E-state index contributed by atoms with van der Waals surface area (Å²) in [6.07, 6.45) is 7.22. The van der Waals surface area contributed by atoms with Crippen molar-refractivity contribution >= 4 is 51.7 Å².